The molecule has 0 saturated heterocycles. The molecular weight excluding hydrogens is 1100 g/mol. The molecule has 0 amide bonds. The van der Waals surface area contributed by atoms with Crippen LogP contribution in [0.4, 0.5) is 0 Å². The van der Waals surface area contributed by atoms with Crippen LogP contribution in [0.1, 0.15) is 250 Å². The van der Waals surface area contributed by atoms with E-state index in [9.17, 15) is 0 Å². The number of aryl methyl sites for hydroxylation is 13. The Morgan fingerprint density at radius 1 is 0.275 bits per heavy atom. The fraction of sp³-hybridized carbons (Fsp3) is 0.494. The highest BCUT2D eigenvalue weighted by Crippen LogP contribution is 2.43. The molecule has 0 aliphatic rings. The predicted molar refractivity (Wildman–Crippen MR) is 395 cm³/mol. The first-order valence-corrected chi connectivity index (χ1v) is 34.9. The van der Waals surface area contributed by atoms with E-state index in [0.717, 1.165) is 29.7 Å². The number of nitrogens with zero attached hydrogens (tertiary/aromatic N) is 4. The molecule has 4 aromatic heterocycles. The van der Waals surface area contributed by atoms with Gasteiger partial charge in [-0.05, 0) is 222 Å². The third-order valence-electron chi connectivity index (χ3n) is 22.8. The summed E-state index contributed by atoms with van der Waals surface area (Å²) in [4.78, 5) is 0. The zero-order chi connectivity index (χ0) is 70.6. The highest BCUT2D eigenvalue weighted by Gasteiger charge is 2.37. The fourth-order valence-electron chi connectivity index (χ4n) is 13.8. The molecule has 0 spiro atoms. The molecule has 0 saturated carbocycles. The smallest absolute Gasteiger partial charge is 0.201 e. The molecule has 0 atom stereocenters. The Bertz CT molecular complexity index is 3840. The Hall–Kier alpha value is -6.52. The summed E-state index contributed by atoms with van der Waals surface area (Å²) < 4.78 is 31.9. The lowest BCUT2D eigenvalue weighted by atomic mass is 9.68. The van der Waals surface area contributed by atoms with Crippen molar-refractivity contribution in [3.63, 3.8) is 0 Å². The van der Waals surface area contributed by atoms with Gasteiger partial charge in [-0.3, -0.25) is 0 Å². The van der Waals surface area contributed by atoms with E-state index in [4.69, 9.17) is 4.11 Å². The largest absolute Gasteiger partial charge is 0.212 e. The van der Waals surface area contributed by atoms with Gasteiger partial charge in [-0.2, -0.15) is 0 Å². The molecule has 0 fully saturated rings. The van der Waals surface area contributed by atoms with Crippen molar-refractivity contribution in [3.05, 3.63) is 212 Å². The summed E-state index contributed by atoms with van der Waals surface area (Å²) in [5.74, 6) is 0. The first-order chi connectivity index (χ1) is 44.0. The van der Waals surface area contributed by atoms with Crippen molar-refractivity contribution in [3.8, 4) is 45.0 Å². The molecule has 4 heterocycles. The van der Waals surface area contributed by atoms with Crippen LogP contribution in [0.5, 0.6) is 0 Å². The molecule has 4 nitrogen and oxygen atoms in total. The van der Waals surface area contributed by atoms with Gasteiger partial charge in [0.05, 0.1) is 0 Å². The number of benzene rings is 4. The summed E-state index contributed by atoms with van der Waals surface area (Å²) in [6.07, 6.45) is 20.9. The maximum Gasteiger partial charge on any atom is 0.212 e. The van der Waals surface area contributed by atoms with Crippen LogP contribution in [0.2, 0.25) is 0 Å². The SMILES string of the molecule is CCC(C)(CC)c1c[n+](C)c(-c2ccc(C)cc2C)cc1C.CCC(C)(CC)c1c[n+](C)c(-c2ccccc2C)cc1C.CCC(C)(CC)c1cc(-c2ccccc2C)[n+](C)cc1C(C)(CC)CC.[2H]C([2H])([2H])c1ccc(-c2cc(C)c(C(C)(CC)CC)c[n+]2C)c(C)c1. The Kier molecular flexibility index (Phi) is 24.6. The quantitative estimate of drug-likeness (QED) is 0.0717. The molecule has 0 unspecified atom stereocenters. The average molecular weight is 1230 g/mol. The van der Waals surface area contributed by atoms with Gasteiger partial charge < -0.3 is 0 Å². The standard InChI is InChI=1S/C25H38N.2C21H30N.C20H28N/c1-9-24(6,10-2)21-17-23(20-16-14-13-15-19(20)5)26(8)18-22(21)25(7,11-3)12-4;2*1-8-21(6,9-2)19-14-22(7)20(13-17(19)5)18-11-10-15(3)12-16(18)4;1-7-20(5,8-2)18-14-21(6)19(13-16(18)4)17-12-10-9-11-15(17)3/h13-18H,9-12H2,1-8H3;2*10-14H,8-9H2,1-7H3;9-14H,7-8H2,1-6H3/q4*+1/i;3D3;;. The van der Waals surface area contributed by atoms with Crippen LogP contribution >= 0.6 is 0 Å². The van der Waals surface area contributed by atoms with Gasteiger partial charge in [0, 0.05) is 72.9 Å². The van der Waals surface area contributed by atoms with Crippen LogP contribution in [0.15, 0.2) is 134 Å². The number of hydrogen-bond acceptors (Lipinski definition) is 0. The Balaban J connectivity index is 0.000000228. The number of pyridine rings is 4. The zero-order valence-electron chi connectivity index (χ0n) is 65.6. The Labute approximate surface area is 561 Å². The lowest BCUT2D eigenvalue weighted by Crippen LogP contribution is -2.38. The summed E-state index contributed by atoms with van der Waals surface area (Å²) in [5.41, 5.74) is 29.5. The lowest BCUT2D eigenvalue weighted by Gasteiger charge is -2.36. The van der Waals surface area contributed by atoms with Gasteiger partial charge in [0.1, 0.15) is 28.2 Å². The predicted octanol–water partition coefficient (Wildman–Crippen LogP) is 21.9. The van der Waals surface area contributed by atoms with Crippen molar-refractivity contribution < 1.29 is 22.4 Å². The number of rotatable bonds is 19. The molecular formula is C87H126N4+4. The van der Waals surface area contributed by atoms with E-state index < -0.39 is 6.85 Å². The normalized spacial score (nSPS) is 12.6. The summed E-state index contributed by atoms with van der Waals surface area (Å²) >= 11 is 0. The molecule has 91 heavy (non-hydrogen) atoms. The summed E-state index contributed by atoms with van der Waals surface area (Å²) in [6, 6.07) is 38.9. The Morgan fingerprint density at radius 2 is 0.527 bits per heavy atom. The van der Waals surface area contributed by atoms with Crippen LogP contribution < -0.4 is 18.3 Å². The third-order valence-corrected chi connectivity index (χ3v) is 22.8. The molecule has 0 aliphatic carbocycles. The molecule has 8 aromatic rings. The van der Waals surface area contributed by atoms with Crippen LogP contribution in [0, 0.1) is 62.2 Å². The van der Waals surface area contributed by atoms with E-state index in [-0.39, 0.29) is 27.1 Å². The van der Waals surface area contributed by atoms with Gasteiger partial charge in [-0.25, -0.2) is 18.3 Å². The Morgan fingerprint density at radius 3 is 0.824 bits per heavy atom. The first-order valence-electron chi connectivity index (χ1n) is 36.4. The molecule has 0 aliphatic heterocycles. The van der Waals surface area contributed by atoms with Crippen molar-refractivity contribution in [2.75, 3.05) is 0 Å². The minimum atomic E-state index is -2.06. The van der Waals surface area contributed by atoms with Crippen molar-refractivity contribution in [1.29, 1.82) is 0 Å². The number of aromatic nitrogens is 4. The molecule has 490 valence electrons. The average Bonchev–Trinajstić information content (AvgIpc) is 0.772. The van der Waals surface area contributed by atoms with E-state index in [2.05, 4.69) is 315 Å². The fourth-order valence-corrected chi connectivity index (χ4v) is 13.8. The first kappa shape index (κ1) is 70.4. The van der Waals surface area contributed by atoms with E-state index in [1.807, 2.05) is 13.0 Å². The number of hydrogen-bond donors (Lipinski definition) is 0. The van der Waals surface area contributed by atoms with Crippen LogP contribution in [-0.4, -0.2) is 0 Å². The van der Waals surface area contributed by atoms with Gasteiger partial charge in [0.2, 0.25) is 22.8 Å². The highest BCUT2D eigenvalue weighted by atomic mass is 14.9. The van der Waals surface area contributed by atoms with Gasteiger partial charge >= 0.3 is 0 Å². The summed E-state index contributed by atoms with van der Waals surface area (Å²) in [5, 5.41) is 0. The second-order valence-corrected chi connectivity index (χ2v) is 28.5. The van der Waals surface area contributed by atoms with Crippen molar-refractivity contribution >= 4 is 0 Å². The third kappa shape index (κ3) is 16.8. The molecule has 4 aromatic carbocycles. The van der Waals surface area contributed by atoms with E-state index >= 15 is 0 Å². The highest BCUT2D eigenvalue weighted by molar-refractivity contribution is 5.65. The maximum atomic E-state index is 7.59. The second kappa shape index (κ2) is 31.9. The molecule has 0 N–H and O–H groups in total. The van der Waals surface area contributed by atoms with E-state index in [0.29, 0.717) is 5.56 Å². The minimum Gasteiger partial charge on any atom is -0.201 e. The van der Waals surface area contributed by atoms with Crippen LogP contribution in [0.25, 0.3) is 45.0 Å². The molecule has 0 radical (unpaired) electrons. The molecule has 4 heteroatoms. The van der Waals surface area contributed by atoms with Gasteiger partial charge in [0.15, 0.2) is 24.8 Å². The van der Waals surface area contributed by atoms with Gasteiger partial charge in [-0.1, -0.05) is 176 Å². The maximum absolute atomic E-state index is 7.59. The second-order valence-electron chi connectivity index (χ2n) is 28.5. The van der Waals surface area contributed by atoms with Gasteiger partial charge in [-0.15, -0.1) is 0 Å². The monoisotopic (exact) mass is 1230 g/mol. The summed E-state index contributed by atoms with van der Waals surface area (Å²) in [7, 11) is 8.61. The van der Waals surface area contributed by atoms with Crippen molar-refractivity contribution in [2.45, 2.75) is 257 Å². The topological polar surface area (TPSA) is 15.5 Å². The molecule has 8 rings (SSSR count). The van der Waals surface area contributed by atoms with E-state index in [1.165, 1.54) is 146 Å². The van der Waals surface area contributed by atoms with Crippen molar-refractivity contribution in [2.24, 2.45) is 28.2 Å². The zero-order valence-corrected chi connectivity index (χ0v) is 62.6. The lowest BCUT2D eigenvalue weighted by molar-refractivity contribution is -0.661. The van der Waals surface area contributed by atoms with Crippen LogP contribution in [-0.2, 0) is 55.3 Å². The van der Waals surface area contributed by atoms with Crippen LogP contribution in [0.3, 0.4) is 0 Å². The van der Waals surface area contributed by atoms with E-state index in [1.54, 1.807) is 17.7 Å². The van der Waals surface area contributed by atoms with Crippen molar-refractivity contribution in [1.82, 2.24) is 0 Å². The minimum absolute atomic E-state index is 0.181. The molecule has 0 bridgehead atoms. The summed E-state index contributed by atoms with van der Waals surface area (Å²) in [6.45, 7) is 50.3. The van der Waals surface area contributed by atoms with Gasteiger partial charge in [0.25, 0.3) is 0 Å².